The van der Waals surface area contributed by atoms with Crippen molar-refractivity contribution in [2.75, 3.05) is 44.2 Å². The third-order valence-corrected chi connectivity index (χ3v) is 9.94. The fourth-order valence-corrected chi connectivity index (χ4v) is 7.71. The highest BCUT2D eigenvalue weighted by molar-refractivity contribution is 6.36. The summed E-state index contributed by atoms with van der Waals surface area (Å²) in [6.45, 7) is 4.84. The van der Waals surface area contributed by atoms with Gasteiger partial charge in [-0.15, -0.1) is 0 Å². The number of halogens is 4. The lowest BCUT2D eigenvalue weighted by atomic mass is 9.95. The Morgan fingerprint density at radius 1 is 1.15 bits per heavy atom. The number of fused-ring (bicyclic) bond motifs is 3. The van der Waals surface area contributed by atoms with E-state index in [0.717, 1.165) is 24.8 Å². The van der Waals surface area contributed by atoms with Crippen molar-refractivity contribution >= 4 is 45.0 Å². The maximum Gasteiger partial charge on any atom is 0.319 e. The average Bonchev–Trinajstić information content (AvgIpc) is 3.59. The molecule has 0 bridgehead atoms. The maximum atomic E-state index is 16.8. The number of alkyl halides is 1. The van der Waals surface area contributed by atoms with Gasteiger partial charge in [0.25, 0.3) is 5.91 Å². The molecule has 9 nitrogen and oxygen atoms in total. The van der Waals surface area contributed by atoms with Crippen LogP contribution in [0, 0.1) is 17.1 Å². The molecule has 4 aromatic rings. The van der Waals surface area contributed by atoms with Crippen LogP contribution in [0.2, 0.25) is 5.02 Å². The van der Waals surface area contributed by atoms with Crippen molar-refractivity contribution in [3.63, 3.8) is 0 Å². The highest BCUT2D eigenvalue weighted by atomic mass is 35.5. The molecule has 5 heterocycles. The molecule has 2 aromatic carbocycles. The standard InChI is InChI=1S/C34H31ClF3N7O2/c1-20(36)32(46)45-13-12-43(18-23(45)8-10-39)31-25-7-6-24(26-16-40-15-21-4-2-5-27(35)28(21)26)29(38)30(25)41-33(42-31)47-19-34-9-3-11-44(34)17-22(37)14-34/h2,4-7,15-16,22-23H,1,3,8-9,11-14,17-19H2/t22-,23+,34+/m1/s1. The van der Waals surface area contributed by atoms with Crippen LogP contribution in [-0.2, 0) is 4.79 Å². The number of amides is 1. The van der Waals surface area contributed by atoms with Crippen molar-refractivity contribution < 1.29 is 22.7 Å². The molecule has 0 N–H and O–H groups in total. The van der Waals surface area contributed by atoms with E-state index in [1.807, 2.05) is 11.0 Å². The number of hydrogen-bond donors (Lipinski definition) is 0. The van der Waals surface area contributed by atoms with Gasteiger partial charge in [0.2, 0.25) is 0 Å². The molecule has 3 fully saturated rings. The molecule has 13 heteroatoms. The molecule has 0 radical (unpaired) electrons. The number of hydrogen-bond acceptors (Lipinski definition) is 8. The Hall–Kier alpha value is -4.47. The number of nitrogens with zero attached hydrogens (tertiary/aromatic N) is 7. The van der Waals surface area contributed by atoms with Gasteiger partial charge in [-0.2, -0.15) is 15.2 Å². The topological polar surface area (TPSA) is 98.5 Å². The van der Waals surface area contributed by atoms with Crippen LogP contribution in [0.5, 0.6) is 6.01 Å². The number of rotatable bonds is 7. The summed E-state index contributed by atoms with van der Waals surface area (Å²) < 4.78 is 51.3. The highest BCUT2D eigenvalue weighted by Crippen LogP contribution is 2.42. The number of piperazine rings is 1. The van der Waals surface area contributed by atoms with Crippen molar-refractivity contribution in [1.82, 2.24) is 24.8 Å². The Morgan fingerprint density at radius 2 is 2.00 bits per heavy atom. The predicted octanol–water partition coefficient (Wildman–Crippen LogP) is 6.01. The smallest absolute Gasteiger partial charge is 0.319 e. The Balaban J connectivity index is 1.33. The number of carbonyl (C=O) groups is 1. The first-order valence-corrected chi connectivity index (χ1v) is 15.9. The number of nitriles is 1. The molecule has 242 valence electrons. The first-order chi connectivity index (χ1) is 22.7. The van der Waals surface area contributed by atoms with Crippen molar-refractivity contribution in [2.45, 2.75) is 43.4 Å². The molecule has 0 saturated carbocycles. The van der Waals surface area contributed by atoms with Gasteiger partial charge < -0.3 is 14.5 Å². The zero-order valence-corrected chi connectivity index (χ0v) is 26.2. The van der Waals surface area contributed by atoms with E-state index in [9.17, 15) is 18.8 Å². The second-order valence-corrected chi connectivity index (χ2v) is 12.8. The molecule has 3 aliphatic heterocycles. The summed E-state index contributed by atoms with van der Waals surface area (Å²) in [7, 11) is 0. The molecular formula is C34H31ClF3N7O2. The summed E-state index contributed by atoms with van der Waals surface area (Å²) in [5.74, 6) is -2.27. The second-order valence-electron chi connectivity index (χ2n) is 12.4. The minimum Gasteiger partial charge on any atom is -0.461 e. The predicted molar refractivity (Wildman–Crippen MR) is 172 cm³/mol. The minimum atomic E-state index is -1.11. The maximum absolute atomic E-state index is 16.8. The summed E-state index contributed by atoms with van der Waals surface area (Å²) in [6, 6.07) is 10.0. The minimum absolute atomic E-state index is 0.00500. The number of benzene rings is 2. The SMILES string of the molecule is C=C(F)C(=O)N1CCN(c2nc(OC[C@@]34CCCN3C[C@H](F)C4)nc3c(F)c(-c4cncc5cccc(Cl)c45)ccc23)C[C@@H]1CC#N. The molecule has 1 amide bonds. The van der Waals surface area contributed by atoms with Crippen molar-refractivity contribution in [3.8, 4) is 23.2 Å². The van der Waals surface area contributed by atoms with Crippen molar-refractivity contribution in [3.05, 3.63) is 66.0 Å². The lowest BCUT2D eigenvalue weighted by molar-refractivity contribution is -0.131. The molecule has 3 atom stereocenters. The van der Waals surface area contributed by atoms with E-state index in [2.05, 4.69) is 27.5 Å². The summed E-state index contributed by atoms with van der Waals surface area (Å²) >= 11 is 6.57. The van der Waals surface area contributed by atoms with Crippen LogP contribution in [0.15, 0.2) is 55.1 Å². The normalized spacial score (nSPS) is 22.9. The van der Waals surface area contributed by atoms with Gasteiger partial charge in [-0.05, 0) is 31.5 Å². The van der Waals surface area contributed by atoms with Gasteiger partial charge in [0.05, 0.1) is 24.1 Å². The number of aromatic nitrogens is 3. The van der Waals surface area contributed by atoms with Gasteiger partial charge in [0.15, 0.2) is 11.6 Å². The average molecular weight is 662 g/mol. The molecule has 47 heavy (non-hydrogen) atoms. The van der Waals surface area contributed by atoms with Crippen LogP contribution in [0.4, 0.5) is 19.0 Å². The third kappa shape index (κ3) is 5.51. The zero-order chi connectivity index (χ0) is 32.9. The first kappa shape index (κ1) is 31.1. The summed E-state index contributed by atoms with van der Waals surface area (Å²) in [6.07, 6.45) is 4.24. The number of anilines is 1. The summed E-state index contributed by atoms with van der Waals surface area (Å²) in [5, 5.41) is 11.7. The van der Waals surface area contributed by atoms with Crippen LogP contribution < -0.4 is 9.64 Å². The summed E-state index contributed by atoms with van der Waals surface area (Å²) in [4.78, 5) is 31.3. The lowest BCUT2D eigenvalue weighted by Gasteiger charge is -2.41. The Morgan fingerprint density at radius 3 is 2.81 bits per heavy atom. The molecule has 3 saturated heterocycles. The van der Waals surface area contributed by atoms with Crippen LogP contribution >= 0.6 is 11.6 Å². The number of pyridine rings is 1. The molecule has 0 aliphatic carbocycles. The van der Waals surface area contributed by atoms with E-state index < -0.39 is 35.3 Å². The molecule has 3 aliphatic rings. The van der Waals surface area contributed by atoms with E-state index in [4.69, 9.17) is 21.3 Å². The van der Waals surface area contributed by atoms with Gasteiger partial charge >= 0.3 is 6.01 Å². The Bertz CT molecular complexity index is 1950. The van der Waals surface area contributed by atoms with Crippen LogP contribution in [-0.4, -0.2) is 87.7 Å². The van der Waals surface area contributed by atoms with Gasteiger partial charge in [0.1, 0.15) is 24.1 Å². The fraction of sp³-hybridized carbons (Fsp3) is 0.382. The summed E-state index contributed by atoms with van der Waals surface area (Å²) in [5.41, 5.74) is 0.232. The van der Waals surface area contributed by atoms with Gasteiger partial charge in [-0.25, -0.2) is 13.2 Å². The quantitative estimate of drug-likeness (QED) is 0.222. The number of carbonyl (C=O) groups excluding carboxylic acids is 1. The molecular weight excluding hydrogens is 631 g/mol. The van der Waals surface area contributed by atoms with Crippen LogP contribution in [0.3, 0.4) is 0 Å². The Labute approximate surface area is 274 Å². The van der Waals surface area contributed by atoms with E-state index in [1.54, 1.807) is 36.7 Å². The van der Waals surface area contributed by atoms with Gasteiger partial charge in [-0.3, -0.25) is 14.7 Å². The fourth-order valence-electron chi connectivity index (χ4n) is 7.43. The molecule has 7 rings (SSSR count). The number of ether oxygens (including phenoxy) is 1. The van der Waals surface area contributed by atoms with Crippen LogP contribution in [0.1, 0.15) is 25.7 Å². The van der Waals surface area contributed by atoms with E-state index >= 15 is 4.39 Å². The van der Waals surface area contributed by atoms with Crippen LogP contribution in [0.25, 0.3) is 32.8 Å². The van der Waals surface area contributed by atoms with Gasteiger partial charge in [0, 0.05) is 77.3 Å². The largest absolute Gasteiger partial charge is 0.461 e. The highest BCUT2D eigenvalue weighted by Gasteiger charge is 2.49. The van der Waals surface area contributed by atoms with E-state index in [-0.39, 0.29) is 49.8 Å². The first-order valence-electron chi connectivity index (χ1n) is 15.5. The molecule has 2 aromatic heterocycles. The second kappa shape index (κ2) is 12.3. The van der Waals surface area contributed by atoms with Crippen molar-refractivity contribution in [1.29, 1.82) is 5.26 Å². The third-order valence-electron chi connectivity index (χ3n) is 9.62. The monoisotopic (exact) mass is 661 g/mol. The molecule has 0 spiro atoms. The Kier molecular flexibility index (Phi) is 8.14. The lowest BCUT2D eigenvalue weighted by Crippen LogP contribution is -2.55. The van der Waals surface area contributed by atoms with E-state index in [0.29, 0.717) is 40.1 Å². The molecule has 0 unspecified atom stereocenters. The van der Waals surface area contributed by atoms with Crippen molar-refractivity contribution in [2.24, 2.45) is 0 Å². The zero-order valence-electron chi connectivity index (χ0n) is 25.4. The van der Waals surface area contributed by atoms with Gasteiger partial charge in [-0.1, -0.05) is 36.4 Å². The van der Waals surface area contributed by atoms with E-state index in [1.165, 1.54) is 4.90 Å².